The molecule has 7 heteroatoms. The molecule has 148 valence electrons. The van der Waals surface area contributed by atoms with E-state index in [1.807, 2.05) is 24.3 Å². The molecule has 0 saturated heterocycles. The van der Waals surface area contributed by atoms with Crippen LogP contribution < -0.4 is 15.5 Å². The van der Waals surface area contributed by atoms with Crippen molar-refractivity contribution in [1.29, 1.82) is 0 Å². The second kappa shape index (κ2) is 9.98. The minimum Gasteiger partial charge on any atom is -0.374 e. The summed E-state index contributed by atoms with van der Waals surface area (Å²) in [6, 6.07) is 13.8. The van der Waals surface area contributed by atoms with Gasteiger partial charge in [0.15, 0.2) is 0 Å². The fraction of sp³-hybridized carbons (Fsp3) is 0.333. The predicted octanol–water partition coefficient (Wildman–Crippen LogP) is 3.82. The van der Waals surface area contributed by atoms with Crippen molar-refractivity contribution >= 4 is 50.9 Å². The molecule has 28 heavy (non-hydrogen) atoms. The average molecular weight is 462 g/mol. The van der Waals surface area contributed by atoms with Crippen molar-refractivity contribution in [2.75, 3.05) is 35.3 Å². The first-order valence-corrected chi connectivity index (χ1v) is 11.2. The molecular formula is C21H24BrN3O2S. The number of halogens is 1. The first-order valence-electron chi connectivity index (χ1n) is 9.24. The number of amides is 2. The van der Waals surface area contributed by atoms with Crippen LogP contribution in [-0.2, 0) is 22.6 Å². The first kappa shape index (κ1) is 20.7. The van der Waals surface area contributed by atoms with Crippen LogP contribution in [0, 0.1) is 0 Å². The summed E-state index contributed by atoms with van der Waals surface area (Å²) in [5, 5.41) is 5.76. The van der Waals surface area contributed by atoms with E-state index in [9.17, 15) is 9.59 Å². The van der Waals surface area contributed by atoms with Gasteiger partial charge in [-0.25, -0.2) is 0 Å². The molecule has 1 aliphatic heterocycles. The summed E-state index contributed by atoms with van der Waals surface area (Å²) in [5.74, 6) is 0.329. The molecule has 3 rings (SSSR count). The number of thioether (sulfide) groups is 1. The second-order valence-electron chi connectivity index (χ2n) is 6.82. The minimum atomic E-state index is -0.116. The summed E-state index contributed by atoms with van der Waals surface area (Å²) in [6.45, 7) is 1.61. The lowest BCUT2D eigenvalue weighted by molar-refractivity contribution is -0.118. The molecule has 0 aliphatic carbocycles. The minimum absolute atomic E-state index is 0.0601. The van der Waals surface area contributed by atoms with Crippen molar-refractivity contribution in [3.8, 4) is 0 Å². The van der Waals surface area contributed by atoms with Crippen LogP contribution in [0.2, 0.25) is 0 Å². The Balaban J connectivity index is 1.38. The summed E-state index contributed by atoms with van der Waals surface area (Å²) in [5.41, 5.74) is 4.48. The lowest BCUT2D eigenvalue weighted by Gasteiger charge is -2.27. The SMILES string of the molecule is CN1CCCc2cc(CNC(=O)CSCC(=O)Nc3cccc(Br)c3)ccc21. The number of carbonyl (C=O) groups is 2. The van der Waals surface area contributed by atoms with Crippen LogP contribution in [0.5, 0.6) is 0 Å². The average Bonchev–Trinajstić information content (AvgIpc) is 2.66. The van der Waals surface area contributed by atoms with Gasteiger partial charge in [-0.3, -0.25) is 9.59 Å². The van der Waals surface area contributed by atoms with Crippen molar-refractivity contribution in [1.82, 2.24) is 5.32 Å². The molecule has 0 atom stereocenters. The third-order valence-electron chi connectivity index (χ3n) is 4.56. The van der Waals surface area contributed by atoms with E-state index in [0.717, 1.165) is 35.1 Å². The highest BCUT2D eigenvalue weighted by Gasteiger charge is 2.14. The van der Waals surface area contributed by atoms with E-state index in [2.05, 4.69) is 56.7 Å². The van der Waals surface area contributed by atoms with E-state index in [4.69, 9.17) is 0 Å². The van der Waals surface area contributed by atoms with Gasteiger partial charge in [0.2, 0.25) is 11.8 Å². The monoisotopic (exact) mass is 461 g/mol. The van der Waals surface area contributed by atoms with Gasteiger partial charge >= 0.3 is 0 Å². The van der Waals surface area contributed by atoms with Gasteiger partial charge in [0.25, 0.3) is 0 Å². The molecule has 2 N–H and O–H groups in total. The molecule has 0 fully saturated rings. The van der Waals surface area contributed by atoms with Crippen LogP contribution in [0.4, 0.5) is 11.4 Å². The van der Waals surface area contributed by atoms with E-state index in [1.165, 1.54) is 23.0 Å². The highest BCUT2D eigenvalue weighted by atomic mass is 79.9. The molecule has 5 nitrogen and oxygen atoms in total. The number of anilines is 2. The molecule has 0 spiro atoms. The third kappa shape index (κ3) is 6.01. The summed E-state index contributed by atoms with van der Waals surface area (Å²) in [6.07, 6.45) is 2.25. The molecule has 0 unspecified atom stereocenters. The quantitative estimate of drug-likeness (QED) is 0.657. The zero-order valence-electron chi connectivity index (χ0n) is 15.8. The topological polar surface area (TPSA) is 61.4 Å². The van der Waals surface area contributed by atoms with Gasteiger partial charge in [-0.15, -0.1) is 11.8 Å². The second-order valence-corrected chi connectivity index (χ2v) is 8.72. The summed E-state index contributed by atoms with van der Waals surface area (Å²) in [7, 11) is 2.11. The summed E-state index contributed by atoms with van der Waals surface area (Å²) in [4.78, 5) is 26.3. The maximum Gasteiger partial charge on any atom is 0.234 e. The molecule has 0 aromatic heterocycles. The Morgan fingerprint density at radius 3 is 2.79 bits per heavy atom. The molecule has 1 heterocycles. The van der Waals surface area contributed by atoms with E-state index in [-0.39, 0.29) is 23.3 Å². The van der Waals surface area contributed by atoms with Crippen LogP contribution in [0.1, 0.15) is 17.5 Å². The lowest BCUT2D eigenvalue weighted by Crippen LogP contribution is -2.27. The number of fused-ring (bicyclic) bond motifs is 1. The van der Waals surface area contributed by atoms with Crippen molar-refractivity contribution < 1.29 is 9.59 Å². The number of benzene rings is 2. The van der Waals surface area contributed by atoms with Crippen molar-refractivity contribution in [2.24, 2.45) is 0 Å². The van der Waals surface area contributed by atoms with Crippen LogP contribution >= 0.6 is 27.7 Å². The van der Waals surface area contributed by atoms with Crippen LogP contribution in [0.3, 0.4) is 0 Å². The number of rotatable bonds is 7. The maximum atomic E-state index is 12.1. The lowest BCUT2D eigenvalue weighted by atomic mass is 9.99. The fourth-order valence-corrected chi connectivity index (χ4v) is 4.25. The zero-order valence-corrected chi connectivity index (χ0v) is 18.2. The molecule has 2 aromatic rings. The van der Waals surface area contributed by atoms with E-state index >= 15 is 0 Å². The Labute approximate surface area is 178 Å². The van der Waals surface area contributed by atoms with Crippen molar-refractivity contribution in [3.63, 3.8) is 0 Å². The number of hydrogen-bond acceptors (Lipinski definition) is 4. The van der Waals surface area contributed by atoms with Crippen LogP contribution in [0.25, 0.3) is 0 Å². The smallest absolute Gasteiger partial charge is 0.234 e. The fourth-order valence-electron chi connectivity index (χ4n) is 3.20. The Hall–Kier alpha value is -1.99. The number of hydrogen-bond donors (Lipinski definition) is 2. The maximum absolute atomic E-state index is 12.1. The number of nitrogens with zero attached hydrogens (tertiary/aromatic N) is 1. The highest BCUT2D eigenvalue weighted by molar-refractivity contribution is 9.10. The van der Waals surface area contributed by atoms with Gasteiger partial charge in [0, 0.05) is 36.0 Å². The molecular weight excluding hydrogens is 438 g/mol. The van der Waals surface area contributed by atoms with Crippen LogP contribution in [-0.4, -0.2) is 36.9 Å². The summed E-state index contributed by atoms with van der Waals surface area (Å²) >= 11 is 4.68. The van der Waals surface area contributed by atoms with Crippen LogP contribution in [0.15, 0.2) is 46.9 Å². The van der Waals surface area contributed by atoms with Crippen molar-refractivity contribution in [2.45, 2.75) is 19.4 Å². The van der Waals surface area contributed by atoms with Gasteiger partial charge in [-0.1, -0.05) is 34.1 Å². The van der Waals surface area contributed by atoms with Crippen molar-refractivity contribution in [3.05, 3.63) is 58.1 Å². The highest BCUT2D eigenvalue weighted by Crippen LogP contribution is 2.26. The first-order chi connectivity index (χ1) is 13.5. The Morgan fingerprint density at radius 2 is 1.96 bits per heavy atom. The van der Waals surface area contributed by atoms with E-state index < -0.39 is 0 Å². The van der Waals surface area contributed by atoms with E-state index in [0.29, 0.717) is 6.54 Å². The van der Waals surface area contributed by atoms with Gasteiger partial charge in [0.1, 0.15) is 0 Å². The van der Waals surface area contributed by atoms with Gasteiger partial charge < -0.3 is 15.5 Å². The molecule has 0 saturated carbocycles. The Kier molecular flexibility index (Phi) is 7.39. The number of aryl methyl sites for hydroxylation is 1. The Morgan fingerprint density at radius 1 is 1.14 bits per heavy atom. The van der Waals surface area contributed by atoms with Gasteiger partial charge in [0.05, 0.1) is 11.5 Å². The van der Waals surface area contributed by atoms with Gasteiger partial charge in [-0.05, 0) is 48.2 Å². The molecule has 1 aliphatic rings. The van der Waals surface area contributed by atoms with Gasteiger partial charge in [-0.2, -0.15) is 0 Å². The largest absolute Gasteiger partial charge is 0.374 e. The summed E-state index contributed by atoms with van der Waals surface area (Å²) < 4.78 is 0.908. The zero-order chi connectivity index (χ0) is 19.9. The molecule has 0 bridgehead atoms. The molecule has 2 aromatic carbocycles. The normalized spacial score (nSPS) is 13.0. The third-order valence-corrected chi connectivity index (χ3v) is 5.99. The standard InChI is InChI=1S/C21H24BrN3O2S/c1-25-9-3-4-16-10-15(7-8-19(16)25)12-23-20(26)13-28-14-21(27)24-18-6-2-5-17(22)11-18/h2,5-8,10-11H,3-4,9,12-14H2,1H3,(H,23,26)(H,24,27). The number of carbonyl (C=O) groups excluding carboxylic acids is 2. The predicted molar refractivity (Wildman–Crippen MR) is 120 cm³/mol. The Bertz CT molecular complexity index is 859. The molecule has 0 radical (unpaired) electrons. The molecule has 2 amide bonds. The van der Waals surface area contributed by atoms with E-state index in [1.54, 1.807) is 0 Å². The number of nitrogens with one attached hydrogen (secondary N) is 2.